The van der Waals surface area contributed by atoms with Crippen molar-refractivity contribution in [3.05, 3.63) is 35.9 Å². The molecule has 0 aromatic heterocycles. The third-order valence-electron chi connectivity index (χ3n) is 4.72. The normalized spacial score (nSPS) is 23.4. The molecule has 3 rings (SSSR count). The van der Waals surface area contributed by atoms with E-state index in [1.165, 1.54) is 4.90 Å². The number of carboxylic acid groups (broad SMARTS) is 1. The Hall–Kier alpha value is -2.12. The fourth-order valence-electron chi connectivity index (χ4n) is 3.28. The van der Waals surface area contributed by atoms with E-state index in [4.69, 9.17) is 9.47 Å². The van der Waals surface area contributed by atoms with Gasteiger partial charge in [-0.3, -0.25) is 4.90 Å². The third kappa shape index (κ3) is 3.22. The number of rotatable bonds is 3. The van der Waals surface area contributed by atoms with E-state index in [9.17, 15) is 14.7 Å². The van der Waals surface area contributed by atoms with E-state index in [1.807, 2.05) is 37.4 Å². The SMILES string of the molecule is CN1CCC2(CC1)OCC(C(=O)O)N2C(=O)OCc1ccccc1. The molecule has 1 unspecified atom stereocenters. The standard InChI is InChI=1S/C17H22N2O5/c1-18-9-7-17(8-10-18)19(14(12-24-17)15(20)21)16(22)23-11-13-5-3-2-4-6-13/h2-6,14H,7-12H2,1H3,(H,20,21). The molecule has 1 N–H and O–H groups in total. The minimum absolute atomic E-state index is 0.000511. The molecule has 2 aliphatic rings. The van der Waals surface area contributed by atoms with Crippen LogP contribution in [0.2, 0.25) is 0 Å². The van der Waals surface area contributed by atoms with Crippen LogP contribution in [0.1, 0.15) is 18.4 Å². The van der Waals surface area contributed by atoms with E-state index in [0.29, 0.717) is 12.8 Å². The Morgan fingerprint density at radius 2 is 1.96 bits per heavy atom. The molecular formula is C17H22N2O5. The average Bonchev–Trinajstić information content (AvgIpc) is 2.96. The highest BCUT2D eigenvalue weighted by Gasteiger charge is 2.54. The third-order valence-corrected chi connectivity index (χ3v) is 4.72. The van der Waals surface area contributed by atoms with Crippen molar-refractivity contribution in [1.29, 1.82) is 0 Å². The van der Waals surface area contributed by atoms with Crippen molar-refractivity contribution in [3.8, 4) is 0 Å². The number of piperidine rings is 1. The van der Waals surface area contributed by atoms with Gasteiger partial charge in [0.05, 0.1) is 6.61 Å². The summed E-state index contributed by atoms with van der Waals surface area (Å²) in [5.74, 6) is -1.07. The van der Waals surface area contributed by atoms with Gasteiger partial charge in [0, 0.05) is 25.9 Å². The first-order valence-corrected chi connectivity index (χ1v) is 8.07. The summed E-state index contributed by atoms with van der Waals surface area (Å²) in [7, 11) is 1.99. The van der Waals surface area contributed by atoms with Crippen molar-refractivity contribution in [2.75, 3.05) is 26.7 Å². The quantitative estimate of drug-likeness (QED) is 0.903. The molecule has 1 aromatic carbocycles. The monoisotopic (exact) mass is 334 g/mol. The molecule has 0 aliphatic carbocycles. The lowest BCUT2D eigenvalue weighted by molar-refractivity contribution is -0.145. The lowest BCUT2D eigenvalue weighted by atomic mass is 9.99. The molecule has 1 aromatic rings. The first kappa shape index (κ1) is 16.7. The summed E-state index contributed by atoms with van der Waals surface area (Å²) in [4.78, 5) is 27.6. The number of carbonyl (C=O) groups excluding carboxylic acids is 1. The van der Waals surface area contributed by atoms with Gasteiger partial charge in [0.15, 0.2) is 6.04 Å². The zero-order valence-corrected chi connectivity index (χ0v) is 13.7. The van der Waals surface area contributed by atoms with Crippen molar-refractivity contribution in [2.24, 2.45) is 0 Å². The van der Waals surface area contributed by atoms with Crippen LogP contribution >= 0.6 is 0 Å². The maximum atomic E-state index is 12.6. The first-order chi connectivity index (χ1) is 11.5. The van der Waals surface area contributed by atoms with Gasteiger partial charge in [-0.15, -0.1) is 0 Å². The molecule has 0 radical (unpaired) electrons. The smallest absolute Gasteiger partial charge is 0.413 e. The van der Waals surface area contributed by atoms with Crippen LogP contribution in [0.5, 0.6) is 0 Å². The Labute approximate surface area is 140 Å². The lowest BCUT2D eigenvalue weighted by Gasteiger charge is -2.42. The van der Waals surface area contributed by atoms with Crippen LogP contribution in [0, 0.1) is 0 Å². The molecule has 0 bridgehead atoms. The number of carbonyl (C=O) groups is 2. The van der Waals surface area contributed by atoms with Crippen molar-refractivity contribution in [3.63, 3.8) is 0 Å². The van der Waals surface area contributed by atoms with E-state index >= 15 is 0 Å². The predicted molar refractivity (Wildman–Crippen MR) is 85.3 cm³/mol. The number of benzene rings is 1. The predicted octanol–water partition coefficient (Wildman–Crippen LogP) is 1.53. The molecular weight excluding hydrogens is 312 g/mol. The molecule has 2 fully saturated rings. The fourth-order valence-corrected chi connectivity index (χ4v) is 3.28. The molecule has 1 atom stereocenters. The molecule has 7 heteroatoms. The molecule has 7 nitrogen and oxygen atoms in total. The highest BCUT2D eigenvalue weighted by molar-refractivity contribution is 5.81. The second-order valence-corrected chi connectivity index (χ2v) is 6.32. The van der Waals surface area contributed by atoms with Gasteiger partial charge < -0.3 is 19.5 Å². The van der Waals surface area contributed by atoms with Gasteiger partial charge in [-0.1, -0.05) is 30.3 Å². The van der Waals surface area contributed by atoms with Crippen LogP contribution in [-0.4, -0.2) is 65.5 Å². The summed E-state index contributed by atoms with van der Waals surface area (Å²) in [6, 6.07) is 8.31. The van der Waals surface area contributed by atoms with Crippen molar-refractivity contribution < 1.29 is 24.2 Å². The van der Waals surface area contributed by atoms with Crippen molar-refractivity contribution >= 4 is 12.1 Å². The van der Waals surface area contributed by atoms with Crippen LogP contribution in [0.15, 0.2) is 30.3 Å². The Morgan fingerprint density at radius 3 is 2.58 bits per heavy atom. The Balaban J connectivity index is 1.74. The number of nitrogens with zero attached hydrogens (tertiary/aromatic N) is 2. The lowest BCUT2D eigenvalue weighted by Crippen LogP contribution is -2.57. The molecule has 130 valence electrons. The summed E-state index contributed by atoms with van der Waals surface area (Å²) < 4.78 is 11.2. The van der Waals surface area contributed by atoms with Gasteiger partial charge in [-0.05, 0) is 12.6 Å². The van der Waals surface area contributed by atoms with Gasteiger partial charge in [0.25, 0.3) is 0 Å². The zero-order valence-electron chi connectivity index (χ0n) is 13.7. The maximum absolute atomic E-state index is 12.6. The van der Waals surface area contributed by atoms with Gasteiger partial charge in [0.2, 0.25) is 0 Å². The zero-order chi connectivity index (χ0) is 17.2. The molecule has 2 saturated heterocycles. The summed E-state index contributed by atoms with van der Waals surface area (Å²) in [6.07, 6.45) is 0.523. The topological polar surface area (TPSA) is 79.3 Å². The highest BCUT2D eigenvalue weighted by Crippen LogP contribution is 2.37. The first-order valence-electron chi connectivity index (χ1n) is 8.07. The van der Waals surface area contributed by atoms with Gasteiger partial charge in [-0.2, -0.15) is 0 Å². The molecule has 1 spiro atoms. The Morgan fingerprint density at radius 1 is 1.29 bits per heavy atom. The molecule has 0 saturated carbocycles. The number of amides is 1. The summed E-state index contributed by atoms with van der Waals surface area (Å²) in [5.41, 5.74) is -0.0150. The maximum Gasteiger partial charge on any atom is 0.413 e. The number of likely N-dealkylation sites (tertiary alicyclic amines) is 1. The summed E-state index contributed by atoms with van der Waals surface area (Å²) >= 11 is 0. The van der Waals surface area contributed by atoms with E-state index in [0.717, 1.165) is 18.7 Å². The average molecular weight is 334 g/mol. The van der Waals surface area contributed by atoms with Gasteiger partial charge in [0.1, 0.15) is 12.3 Å². The molecule has 24 heavy (non-hydrogen) atoms. The molecule has 2 aliphatic heterocycles. The van der Waals surface area contributed by atoms with Crippen LogP contribution in [0.25, 0.3) is 0 Å². The van der Waals surface area contributed by atoms with E-state index < -0.39 is 23.8 Å². The van der Waals surface area contributed by atoms with E-state index in [1.54, 1.807) is 0 Å². The van der Waals surface area contributed by atoms with Crippen LogP contribution in [-0.2, 0) is 20.9 Å². The Kier molecular flexibility index (Phi) is 4.73. The minimum atomic E-state index is -1.07. The van der Waals surface area contributed by atoms with Gasteiger partial charge in [-0.25, -0.2) is 9.59 Å². The molecule has 2 heterocycles. The number of ether oxygens (including phenoxy) is 2. The number of hydrogen-bond acceptors (Lipinski definition) is 5. The summed E-state index contributed by atoms with van der Waals surface area (Å²) in [6.45, 7) is 1.60. The summed E-state index contributed by atoms with van der Waals surface area (Å²) in [5, 5.41) is 9.44. The largest absolute Gasteiger partial charge is 0.480 e. The van der Waals surface area contributed by atoms with Crippen LogP contribution in [0.4, 0.5) is 4.79 Å². The second-order valence-electron chi connectivity index (χ2n) is 6.32. The van der Waals surface area contributed by atoms with E-state index in [2.05, 4.69) is 4.90 Å². The van der Waals surface area contributed by atoms with Gasteiger partial charge >= 0.3 is 12.1 Å². The molecule has 1 amide bonds. The number of hydrogen-bond donors (Lipinski definition) is 1. The minimum Gasteiger partial charge on any atom is -0.480 e. The van der Waals surface area contributed by atoms with Crippen LogP contribution < -0.4 is 0 Å². The fraction of sp³-hybridized carbons (Fsp3) is 0.529. The van der Waals surface area contributed by atoms with Crippen molar-refractivity contribution in [2.45, 2.75) is 31.2 Å². The van der Waals surface area contributed by atoms with Crippen molar-refractivity contribution in [1.82, 2.24) is 9.80 Å². The number of carboxylic acids is 1. The highest BCUT2D eigenvalue weighted by atomic mass is 16.6. The second kappa shape index (κ2) is 6.78. The van der Waals surface area contributed by atoms with E-state index in [-0.39, 0.29) is 13.2 Å². The number of aliphatic carboxylic acids is 1. The van der Waals surface area contributed by atoms with Crippen LogP contribution in [0.3, 0.4) is 0 Å². The Bertz CT molecular complexity index is 598.